The molecular formula is C16H15N3O7. The Balaban J connectivity index is 2.04. The monoisotopic (exact) mass is 361 g/mol. The average molecular weight is 361 g/mol. The van der Waals surface area contributed by atoms with E-state index >= 15 is 0 Å². The number of carbonyl (C=O) groups is 5. The van der Waals surface area contributed by atoms with Gasteiger partial charge in [0, 0.05) is 12.0 Å². The molecule has 26 heavy (non-hydrogen) atoms. The zero-order valence-electron chi connectivity index (χ0n) is 13.3. The summed E-state index contributed by atoms with van der Waals surface area (Å²) in [5.41, 5.74) is 0.759. The fourth-order valence-corrected chi connectivity index (χ4v) is 2.15. The lowest BCUT2D eigenvalue weighted by Gasteiger charge is -2.13. The molecule has 5 N–H and O–H groups in total. The number of imide groups is 1. The maximum Gasteiger partial charge on any atom is 0.326 e. The van der Waals surface area contributed by atoms with Crippen molar-refractivity contribution < 1.29 is 34.2 Å². The first-order valence-corrected chi connectivity index (χ1v) is 7.46. The molecule has 1 fully saturated rings. The second-order valence-electron chi connectivity index (χ2n) is 5.38. The molecule has 1 atom stereocenters. The van der Waals surface area contributed by atoms with Crippen LogP contribution in [0.3, 0.4) is 0 Å². The third-order valence-electron chi connectivity index (χ3n) is 3.45. The van der Waals surface area contributed by atoms with E-state index in [0.717, 1.165) is 0 Å². The van der Waals surface area contributed by atoms with Gasteiger partial charge < -0.3 is 20.8 Å². The van der Waals surface area contributed by atoms with Crippen molar-refractivity contribution in [3.8, 4) is 0 Å². The highest BCUT2D eigenvalue weighted by atomic mass is 16.4. The third kappa shape index (κ3) is 4.90. The number of hydrogen-bond donors (Lipinski definition) is 5. The van der Waals surface area contributed by atoms with Crippen molar-refractivity contribution in [2.75, 3.05) is 0 Å². The molecule has 1 saturated heterocycles. The number of aliphatic carboxylic acids is 2. The Morgan fingerprint density at radius 1 is 1.08 bits per heavy atom. The zero-order valence-corrected chi connectivity index (χ0v) is 13.3. The summed E-state index contributed by atoms with van der Waals surface area (Å²) in [4.78, 5) is 56.2. The molecule has 1 aliphatic heterocycles. The largest absolute Gasteiger partial charge is 0.481 e. The predicted molar refractivity (Wildman–Crippen MR) is 86.9 cm³/mol. The van der Waals surface area contributed by atoms with Crippen LogP contribution < -0.4 is 16.0 Å². The molecule has 1 heterocycles. The van der Waals surface area contributed by atoms with Gasteiger partial charge >= 0.3 is 18.0 Å². The van der Waals surface area contributed by atoms with Crippen LogP contribution in [0.5, 0.6) is 0 Å². The van der Waals surface area contributed by atoms with E-state index in [1.54, 1.807) is 0 Å². The highest BCUT2D eigenvalue weighted by Crippen LogP contribution is 2.11. The van der Waals surface area contributed by atoms with Gasteiger partial charge in [0.25, 0.3) is 11.8 Å². The molecule has 0 saturated carbocycles. The molecule has 10 heteroatoms. The molecule has 0 unspecified atom stereocenters. The summed E-state index contributed by atoms with van der Waals surface area (Å²) in [6.07, 6.45) is 0.780. The summed E-state index contributed by atoms with van der Waals surface area (Å²) in [7, 11) is 0. The summed E-state index contributed by atoms with van der Waals surface area (Å²) < 4.78 is 0. The molecular weight excluding hydrogens is 346 g/mol. The normalized spacial score (nSPS) is 15.9. The maximum atomic E-state index is 12.1. The van der Waals surface area contributed by atoms with Crippen LogP contribution in [0.1, 0.15) is 28.8 Å². The van der Waals surface area contributed by atoms with Gasteiger partial charge in [0.15, 0.2) is 0 Å². The number of nitrogens with one attached hydrogen (secondary N) is 3. The molecule has 10 nitrogen and oxygen atoms in total. The van der Waals surface area contributed by atoms with Crippen molar-refractivity contribution in [2.45, 2.75) is 18.9 Å². The molecule has 0 bridgehead atoms. The van der Waals surface area contributed by atoms with Gasteiger partial charge in [0.05, 0.1) is 0 Å². The third-order valence-corrected chi connectivity index (χ3v) is 3.45. The Labute approximate surface area is 146 Å². The number of carboxylic acid groups (broad SMARTS) is 2. The summed E-state index contributed by atoms with van der Waals surface area (Å²) in [5.74, 6) is -3.73. The number of carbonyl (C=O) groups excluding carboxylic acids is 3. The molecule has 0 aromatic heterocycles. The van der Waals surface area contributed by atoms with Crippen LogP contribution in [-0.4, -0.2) is 46.0 Å². The Bertz CT molecular complexity index is 799. The van der Waals surface area contributed by atoms with E-state index in [0.29, 0.717) is 5.56 Å². The molecule has 0 spiro atoms. The van der Waals surface area contributed by atoms with Gasteiger partial charge in [-0.1, -0.05) is 12.1 Å². The van der Waals surface area contributed by atoms with E-state index < -0.39 is 42.2 Å². The molecule has 136 valence electrons. The fraction of sp³-hybridized carbons (Fsp3) is 0.188. The van der Waals surface area contributed by atoms with Crippen molar-refractivity contribution in [3.05, 3.63) is 41.1 Å². The van der Waals surface area contributed by atoms with Crippen LogP contribution in [0.4, 0.5) is 4.79 Å². The number of benzene rings is 1. The van der Waals surface area contributed by atoms with Gasteiger partial charge in [-0.3, -0.25) is 19.7 Å². The number of rotatable bonds is 7. The zero-order chi connectivity index (χ0) is 19.3. The van der Waals surface area contributed by atoms with Crippen LogP contribution >= 0.6 is 0 Å². The van der Waals surface area contributed by atoms with E-state index in [2.05, 4.69) is 10.6 Å². The van der Waals surface area contributed by atoms with Crippen LogP contribution in [0, 0.1) is 0 Å². The average Bonchev–Trinajstić information content (AvgIpc) is 2.88. The topological polar surface area (TPSA) is 162 Å². The first-order valence-electron chi connectivity index (χ1n) is 7.46. The minimum Gasteiger partial charge on any atom is -0.481 e. The quantitative estimate of drug-likeness (QED) is 0.335. The van der Waals surface area contributed by atoms with Gasteiger partial charge in [0.1, 0.15) is 11.7 Å². The van der Waals surface area contributed by atoms with Gasteiger partial charge in [0.2, 0.25) is 0 Å². The van der Waals surface area contributed by atoms with Crippen molar-refractivity contribution in [2.24, 2.45) is 0 Å². The summed E-state index contributed by atoms with van der Waals surface area (Å²) in [5, 5.41) is 24.3. The number of hydrogen-bond acceptors (Lipinski definition) is 5. The maximum absolute atomic E-state index is 12.1. The van der Waals surface area contributed by atoms with Crippen LogP contribution in [0.2, 0.25) is 0 Å². The van der Waals surface area contributed by atoms with Crippen molar-refractivity contribution in [1.82, 2.24) is 16.0 Å². The van der Waals surface area contributed by atoms with Gasteiger partial charge in [-0.05, 0) is 30.2 Å². The van der Waals surface area contributed by atoms with Crippen molar-refractivity contribution in [1.29, 1.82) is 0 Å². The van der Waals surface area contributed by atoms with E-state index in [-0.39, 0.29) is 17.7 Å². The summed E-state index contributed by atoms with van der Waals surface area (Å²) in [6.45, 7) is 0. The number of urea groups is 1. The van der Waals surface area contributed by atoms with Crippen molar-refractivity contribution in [3.63, 3.8) is 0 Å². The second kappa shape index (κ2) is 7.92. The van der Waals surface area contributed by atoms with Crippen LogP contribution in [0.25, 0.3) is 6.08 Å². The molecule has 4 amide bonds. The Morgan fingerprint density at radius 2 is 1.73 bits per heavy atom. The van der Waals surface area contributed by atoms with Crippen LogP contribution in [-0.2, 0) is 14.4 Å². The molecule has 2 rings (SSSR count). The predicted octanol–water partition coefficient (Wildman–Crippen LogP) is -0.0853. The van der Waals surface area contributed by atoms with E-state index in [9.17, 15) is 24.0 Å². The summed E-state index contributed by atoms with van der Waals surface area (Å²) in [6, 6.07) is 3.88. The molecule has 0 aliphatic carbocycles. The van der Waals surface area contributed by atoms with E-state index in [1.165, 1.54) is 30.3 Å². The lowest BCUT2D eigenvalue weighted by molar-refractivity contribution is -0.140. The minimum absolute atomic E-state index is 0.0619. The van der Waals surface area contributed by atoms with Gasteiger partial charge in [-0.2, -0.15) is 0 Å². The lowest BCUT2D eigenvalue weighted by Crippen LogP contribution is -2.41. The SMILES string of the molecule is O=C(O)CC[C@@H](NC(=O)c1ccc(/C=C2\NC(=O)NC2=O)cc1)C(=O)O. The first kappa shape index (κ1) is 18.6. The smallest absolute Gasteiger partial charge is 0.326 e. The highest BCUT2D eigenvalue weighted by molar-refractivity contribution is 6.14. The van der Waals surface area contributed by atoms with Crippen LogP contribution in [0.15, 0.2) is 30.0 Å². The highest BCUT2D eigenvalue weighted by Gasteiger charge is 2.23. The second-order valence-corrected chi connectivity index (χ2v) is 5.38. The van der Waals surface area contributed by atoms with Gasteiger partial charge in [-0.25, -0.2) is 9.59 Å². The molecule has 0 radical (unpaired) electrons. The molecule has 1 aliphatic rings. The van der Waals surface area contributed by atoms with E-state index in [1.807, 2.05) is 5.32 Å². The number of amides is 4. The summed E-state index contributed by atoms with van der Waals surface area (Å²) >= 11 is 0. The standard InChI is InChI=1S/C16H15N3O7/c20-12(21)6-5-10(15(24)25)17-13(22)9-3-1-8(2-4-9)7-11-14(23)19-16(26)18-11/h1-4,7,10H,5-6H2,(H,17,22)(H,20,21)(H,24,25)(H2,18,19,23,26)/b11-7-/t10-/m1/s1. The number of carboxylic acids is 2. The first-order chi connectivity index (χ1) is 12.3. The Kier molecular flexibility index (Phi) is 5.68. The lowest BCUT2D eigenvalue weighted by atomic mass is 10.1. The molecule has 1 aromatic rings. The van der Waals surface area contributed by atoms with Gasteiger partial charge in [-0.15, -0.1) is 0 Å². The van der Waals surface area contributed by atoms with Crippen molar-refractivity contribution >= 4 is 35.9 Å². The van der Waals surface area contributed by atoms with E-state index in [4.69, 9.17) is 10.2 Å². The Morgan fingerprint density at radius 3 is 2.23 bits per heavy atom. The fourth-order valence-electron chi connectivity index (χ4n) is 2.15. The minimum atomic E-state index is -1.33. The molecule has 1 aromatic carbocycles. The Hall–Kier alpha value is -3.69.